The van der Waals surface area contributed by atoms with Crippen molar-refractivity contribution in [2.24, 2.45) is 0 Å². The van der Waals surface area contributed by atoms with Crippen molar-refractivity contribution < 1.29 is 9.72 Å². The van der Waals surface area contributed by atoms with Gasteiger partial charge in [0.1, 0.15) is 5.69 Å². The molecule has 0 spiro atoms. The van der Waals surface area contributed by atoms with E-state index in [1.54, 1.807) is 18.8 Å². The molecule has 0 bridgehead atoms. The molecule has 7 heteroatoms. The molecule has 0 aliphatic heterocycles. The SMILES string of the molecule is CSCCN(C)C(=O)c1ccc(N)c([N+](=O)[O-])c1. The first-order valence-electron chi connectivity index (χ1n) is 5.25. The summed E-state index contributed by atoms with van der Waals surface area (Å²) in [6, 6.07) is 4.10. The Kier molecular flexibility index (Phi) is 4.96. The molecular weight excluding hydrogens is 254 g/mol. The van der Waals surface area contributed by atoms with E-state index in [0.29, 0.717) is 6.54 Å². The fourth-order valence-electron chi connectivity index (χ4n) is 1.38. The molecule has 18 heavy (non-hydrogen) atoms. The molecular formula is C11H15N3O3S. The van der Waals surface area contributed by atoms with E-state index in [2.05, 4.69) is 0 Å². The number of amides is 1. The molecule has 0 aliphatic carbocycles. The number of nitrogen functional groups attached to an aromatic ring is 1. The van der Waals surface area contributed by atoms with Crippen molar-refractivity contribution in [1.82, 2.24) is 4.90 Å². The number of nitrogens with zero attached hydrogens (tertiary/aromatic N) is 2. The van der Waals surface area contributed by atoms with Gasteiger partial charge in [0.25, 0.3) is 11.6 Å². The van der Waals surface area contributed by atoms with Gasteiger partial charge in [-0.1, -0.05) is 0 Å². The summed E-state index contributed by atoms with van der Waals surface area (Å²) in [6.07, 6.45) is 1.95. The number of benzene rings is 1. The lowest BCUT2D eigenvalue weighted by Crippen LogP contribution is -2.28. The predicted octanol–water partition coefficient (Wildman–Crippen LogP) is 1.61. The van der Waals surface area contributed by atoms with E-state index in [-0.39, 0.29) is 22.8 Å². The van der Waals surface area contributed by atoms with Gasteiger partial charge in [-0.2, -0.15) is 11.8 Å². The smallest absolute Gasteiger partial charge is 0.292 e. The second kappa shape index (κ2) is 6.25. The second-order valence-corrected chi connectivity index (χ2v) is 4.74. The zero-order valence-electron chi connectivity index (χ0n) is 10.3. The summed E-state index contributed by atoms with van der Waals surface area (Å²) in [7, 11) is 1.67. The molecule has 1 aromatic rings. The van der Waals surface area contributed by atoms with Gasteiger partial charge in [0.2, 0.25) is 0 Å². The minimum Gasteiger partial charge on any atom is -0.393 e. The third-order valence-corrected chi connectivity index (χ3v) is 3.04. The maximum Gasteiger partial charge on any atom is 0.292 e. The fraction of sp³-hybridized carbons (Fsp3) is 0.364. The largest absolute Gasteiger partial charge is 0.393 e. The van der Waals surface area contributed by atoms with Crippen LogP contribution in [0.1, 0.15) is 10.4 Å². The number of nitrogens with two attached hydrogens (primary N) is 1. The highest BCUT2D eigenvalue weighted by molar-refractivity contribution is 7.98. The number of carbonyl (C=O) groups is 1. The van der Waals surface area contributed by atoms with Crippen molar-refractivity contribution in [3.63, 3.8) is 0 Å². The lowest BCUT2D eigenvalue weighted by atomic mass is 10.1. The van der Waals surface area contributed by atoms with E-state index < -0.39 is 4.92 Å². The van der Waals surface area contributed by atoms with E-state index >= 15 is 0 Å². The molecule has 0 saturated carbocycles. The zero-order valence-corrected chi connectivity index (χ0v) is 11.1. The van der Waals surface area contributed by atoms with Crippen LogP contribution in [-0.4, -0.2) is 41.3 Å². The number of hydrogen-bond donors (Lipinski definition) is 1. The van der Waals surface area contributed by atoms with E-state index in [1.807, 2.05) is 6.26 Å². The normalized spacial score (nSPS) is 10.1. The predicted molar refractivity (Wildman–Crippen MR) is 72.9 cm³/mol. The van der Waals surface area contributed by atoms with Crippen molar-refractivity contribution in [2.45, 2.75) is 0 Å². The monoisotopic (exact) mass is 269 g/mol. The Morgan fingerprint density at radius 1 is 1.56 bits per heavy atom. The summed E-state index contributed by atoms with van der Waals surface area (Å²) in [5.74, 6) is 0.575. The van der Waals surface area contributed by atoms with Crippen LogP contribution in [0.15, 0.2) is 18.2 Å². The summed E-state index contributed by atoms with van der Waals surface area (Å²) >= 11 is 1.63. The summed E-state index contributed by atoms with van der Waals surface area (Å²) in [5, 5.41) is 10.7. The molecule has 0 unspecified atom stereocenters. The summed E-state index contributed by atoms with van der Waals surface area (Å²) in [5.41, 5.74) is 5.58. The summed E-state index contributed by atoms with van der Waals surface area (Å²) < 4.78 is 0. The molecule has 98 valence electrons. The fourth-order valence-corrected chi connectivity index (χ4v) is 1.84. The van der Waals surface area contributed by atoms with Crippen LogP contribution in [-0.2, 0) is 0 Å². The molecule has 0 fully saturated rings. The van der Waals surface area contributed by atoms with Crippen LogP contribution in [0.3, 0.4) is 0 Å². The number of nitro groups is 1. The Morgan fingerprint density at radius 2 is 2.22 bits per heavy atom. The second-order valence-electron chi connectivity index (χ2n) is 3.75. The first kappa shape index (κ1) is 14.3. The van der Waals surface area contributed by atoms with Gasteiger partial charge in [-0.15, -0.1) is 0 Å². The molecule has 0 aromatic heterocycles. The van der Waals surface area contributed by atoms with Crippen LogP contribution < -0.4 is 5.73 Å². The molecule has 0 atom stereocenters. The average Bonchev–Trinajstić information content (AvgIpc) is 2.35. The van der Waals surface area contributed by atoms with Crippen LogP contribution in [0, 0.1) is 10.1 Å². The standard InChI is InChI=1S/C11H15N3O3S/c1-13(5-6-18-2)11(15)8-3-4-9(12)10(7-8)14(16)17/h3-4,7H,5-6,12H2,1-2H3. The highest BCUT2D eigenvalue weighted by Gasteiger charge is 2.17. The molecule has 1 rings (SSSR count). The molecule has 1 aromatic carbocycles. The Labute approximate surface area is 109 Å². The van der Waals surface area contributed by atoms with E-state index in [9.17, 15) is 14.9 Å². The molecule has 0 heterocycles. The Morgan fingerprint density at radius 3 is 2.78 bits per heavy atom. The molecule has 0 aliphatic rings. The Hall–Kier alpha value is -1.76. The maximum atomic E-state index is 12.0. The van der Waals surface area contributed by atoms with Gasteiger partial charge in [-0.3, -0.25) is 14.9 Å². The molecule has 0 radical (unpaired) electrons. The maximum absolute atomic E-state index is 12.0. The van der Waals surface area contributed by atoms with E-state index in [0.717, 1.165) is 5.75 Å². The summed E-state index contributed by atoms with van der Waals surface area (Å²) in [4.78, 5) is 23.7. The van der Waals surface area contributed by atoms with Crippen molar-refractivity contribution in [3.05, 3.63) is 33.9 Å². The zero-order chi connectivity index (χ0) is 13.7. The number of anilines is 1. The van der Waals surface area contributed by atoms with Gasteiger partial charge >= 0.3 is 0 Å². The van der Waals surface area contributed by atoms with Gasteiger partial charge in [0.05, 0.1) is 4.92 Å². The quantitative estimate of drug-likeness (QED) is 0.498. The first-order valence-corrected chi connectivity index (χ1v) is 6.65. The van der Waals surface area contributed by atoms with Gasteiger partial charge in [-0.25, -0.2) is 0 Å². The molecule has 2 N–H and O–H groups in total. The van der Waals surface area contributed by atoms with Crippen LogP contribution in [0.5, 0.6) is 0 Å². The minimum absolute atomic E-state index is 0.0586. The van der Waals surface area contributed by atoms with Crippen LogP contribution in [0.2, 0.25) is 0 Å². The number of hydrogen-bond acceptors (Lipinski definition) is 5. The number of thioether (sulfide) groups is 1. The third kappa shape index (κ3) is 3.36. The highest BCUT2D eigenvalue weighted by Crippen LogP contribution is 2.22. The molecule has 0 saturated heterocycles. The van der Waals surface area contributed by atoms with E-state index in [1.165, 1.54) is 23.1 Å². The number of nitro benzene ring substituents is 1. The van der Waals surface area contributed by atoms with E-state index in [4.69, 9.17) is 5.73 Å². The highest BCUT2D eigenvalue weighted by atomic mass is 32.2. The lowest BCUT2D eigenvalue weighted by Gasteiger charge is -2.16. The Balaban J connectivity index is 2.93. The molecule has 6 nitrogen and oxygen atoms in total. The van der Waals surface area contributed by atoms with Crippen molar-refractivity contribution in [1.29, 1.82) is 0 Å². The van der Waals surface area contributed by atoms with Gasteiger partial charge in [-0.05, 0) is 18.4 Å². The van der Waals surface area contributed by atoms with Crippen LogP contribution in [0.25, 0.3) is 0 Å². The van der Waals surface area contributed by atoms with Crippen LogP contribution in [0.4, 0.5) is 11.4 Å². The van der Waals surface area contributed by atoms with Gasteiger partial charge in [0, 0.05) is 31.0 Å². The lowest BCUT2D eigenvalue weighted by molar-refractivity contribution is -0.383. The average molecular weight is 269 g/mol. The van der Waals surface area contributed by atoms with Crippen molar-refractivity contribution >= 4 is 29.0 Å². The Bertz CT molecular complexity index is 465. The van der Waals surface area contributed by atoms with Gasteiger partial charge in [0.15, 0.2) is 0 Å². The minimum atomic E-state index is -0.589. The number of carbonyl (C=O) groups excluding carboxylic acids is 1. The third-order valence-electron chi connectivity index (χ3n) is 2.45. The topological polar surface area (TPSA) is 89.5 Å². The summed E-state index contributed by atoms with van der Waals surface area (Å²) in [6.45, 7) is 0.595. The molecule has 1 amide bonds. The van der Waals surface area contributed by atoms with Crippen LogP contribution >= 0.6 is 11.8 Å². The van der Waals surface area contributed by atoms with Gasteiger partial charge < -0.3 is 10.6 Å². The van der Waals surface area contributed by atoms with Crippen molar-refractivity contribution in [3.8, 4) is 0 Å². The number of rotatable bonds is 5. The van der Waals surface area contributed by atoms with Crippen molar-refractivity contribution in [2.75, 3.05) is 31.3 Å². The first-order chi connectivity index (χ1) is 8.47.